The zero-order valence-electron chi connectivity index (χ0n) is 11.0. The van der Waals surface area contributed by atoms with E-state index in [0.717, 1.165) is 12.0 Å². The van der Waals surface area contributed by atoms with E-state index in [1.54, 1.807) is 12.1 Å². The molecule has 0 radical (unpaired) electrons. The lowest BCUT2D eigenvalue weighted by molar-refractivity contribution is 0.0945. The summed E-state index contributed by atoms with van der Waals surface area (Å²) in [6.07, 6.45) is 1.40. The molecule has 2 heterocycles. The molecule has 1 aromatic rings. The van der Waals surface area contributed by atoms with Gasteiger partial charge in [0.15, 0.2) is 0 Å². The predicted molar refractivity (Wildman–Crippen MR) is 73.8 cm³/mol. The second kappa shape index (κ2) is 4.83. The van der Waals surface area contributed by atoms with Gasteiger partial charge < -0.3 is 11.1 Å². The quantitative estimate of drug-likeness (QED) is 0.783. The van der Waals surface area contributed by atoms with Crippen LogP contribution in [0.2, 0.25) is 0 Å². The van der Waals surface area contributed by atoms with Gasteiger partial charge in [-0.25, -0.2) is 8.42 Å². The molecule has 20 heavy (non-hydrogen) atoms. The normalized spacial score (nSPS) is 23.4. The number of nitrogens with zero attached hydrogens (tertiary/aromatic N) is 1. The Balaban J connectivity index is 1.98. The summed E-state index contributed by atoms with van der Waals surface area (Å²) in [5.74, 6) is -0.207. The van der Waals surface area contributed by atoms with E-state index in [0.29, 0.717) is 31.6 Å². The summed E-state index contributed by atoms with van der Waals surface area (Å²) in [5.41, 5.74) is 7.12. The Morgan fingerprint density at radius 3 is 2.85 bits per heavy atom. The summed E-state index contributed by atoms with van der Waals surface area (Å²) in [6, 6.07) is 4.68. The minimum absolute atomic E-state index is 0.106. The zero-order chi connectivity index (χ0) is 14.3. The molecule has 1 saturated heterocycles. The van der Waals surface area contributed by atoms with Crippen molar-refractivity contribution in [2.45, 2.75) is 23.8 Å². The second-order valence-corrected chi connectivity index (χ2v) is 7.17. The van der Waals surface area contributed by atoms with Crippen molar-refractivity contribution in [3.05, 3.63) is 29.3 Å². The van der Waals surface area contributed by atoms with E-state index in [1.165, 1.54) is 10.4 Å². The molecule has 1 aromatic carbocycles. The molecule has 0 bridgehead atoms. The van der Waals surface area contributed by atoms with Crippen LogP contribution >= 0.6 is 0 Å². The minimum atomic E-state index is -3.56. The Morgan fingerprint density at radius 2 is 2.15 bits per heavy atom. The third-order valence-electron chi connectivity index (χ3n) is 3.83. The summed E-state index contributed by atoms with van der Waals surface area (Å²) in [4.78, 5) is 12.0. The molecule has 7 heteroatoms. The molecule has 1 atom stereocenters. The molecule has 0 aromatic heterocycles. The summed E-state index contributed by atoms with van der Waals surface area (Å²) in [7, 11) is -3.56. The summed E-state index contributed by atoms with van der Waals surface area (Å²) < 4.78 is 26.4. The number of hydrogen-bond acceptors (Lipinski definition) is 4. The molecular weight excluding hydrogens is 278 g/mol. The number of nitrogens with one attached hydrogen (secondary N) is 1. The molecule has 108 valence electrons. The molecule has 3 N–H and O–H groups in total. The highest BCUT2D eigenvalue weighted by Gasteiger charge is 2.32. The van der Waals surface area contributed by atoms with Gasteiger partial charge in [-0.2, -0.15) is 4.31 Å². The number of hydrogen-bond donors (Lipinski definition) is 2. The van der Waals surface area contributed by atoms with Gasteiger partial charge in [0.1, 0.15) is 0 Å². The van der Waals surface area contributed by atoms with Crippen molar-refractivity contribution in [3.8, 4) is 0 Å². The largest absolute Gasteiger partial charge is 0.352 e. The molecule has 0 unspecified atom stereocenters. The Bertz CT molecular complexity index is 657. The van der Waals surface area contributed by atoms with Crippen molar-refractivity contribution < 1.29 is 13.2 Å². The first-order valence-electron chi connectivity index (χ1n) is 6.65. The van der Waals surface area contributed by atoms with Crippen LogP contribution in [-0.2, 0) is 16.4 Å². The monoisotopic (exact) mass is 295 g/mol. The van der Waals surface area contributed by atoms with E-state index in [4.69, 9.17) is 5.73 Å². The Hall–Kier alpha value is -1.44. The number of benzene rings is 1. The molecule has 0 spiro atoms. The van der Waals surface area contributed by atoms with Crippen molar-refractivity contribution >= 4 is 15.9 Å². The van der Waals surface area contributed by atoms with Crippen molar-refractivity contribution in [1.29, 1.82) is 0 Å². The Labute approximate surface area is 118 Å². The van der Waals surface area contributed by atoms with Crippen LogP contribution in [0.15, 0.2) is 23.1 Å². The maximum absolute atomic E-state index is 12.5. The van der Waals surface area contributed by atoms with Crippen LogP contribution < -0.4 is 11.1 Å². The van der Waals surface area contributed by atoms with E-state index in [2.05, 4.69) is 5.32 Å². The van der Waals surface area contributed by atoms with Crippen LogP contribution in [0, 0.1) is 0 Å². The van der Waals surface area contributed by atoms with Gasteiger partial charge in [0, 0.05) is 31.2 Å². The van der Waals surface area contributed by atoms with Crippen LogP contribution in [0.3, 0.4) is 0 Å². The SMILES string of the molecule is N[C@@H]1CCN(S(=O)(=O)c2ccc3c(c2)C(=O)NCC3)C1. The number of rotatable bonds is 2. The number of amides is 1. The molecule has 1 amide bonds. The Morgan fingerprint density at radius 1 is 1.35 bits per heavy atom. The highest BCUT2D eigenvalue weighted by molar-refractivity contribution is 7.89. The number of sulfonamides is 1. The topological polar surface area (TPSA) is 92.5 Å². The average Bonchev–Trinajstić information content (AvgIpc) is 2.86. The van der Waals surface area contributed by atoms with Crippen LogP contribution in [0.4, 0.5) is 0 Å². The van der Waals surface area contributed by atoms with E-state index in [-0.39, 0.29) is 16.8 Å². The number of carbonyl (C=O) groups excluding carboxylic acids is 1. The first-order valence-corrected chi connectivity index (χ1v) is 8.09. The van der Waals surface area contributed by atoms with Gasteiger partial charge in [0.2, 0.25) is 10.0 Å². The van der Waals surface area contributed by atoms with E-state index in [1.807, 2.05) is 0 Å². The standard InChI is InChI=1S/C13H17N3O3S/c14-10-4-6-16(8-10)20(18,19)11-2-1-9-3-5-15-13(17)12(9)7-11/h1-2,7,10H,3-6,8,14H2,(H,15,17)/t10-/m1/s1. The average molecular weight is 295 g/mol. The fourth-order valence-corrected chi connectivity index (χ4v) is 4.21. The van der Waals surface area contributed by atoms with Crippen LogP contribution in [-0.4, -0.2) is 44.3 Å². The minimum Gasteiger partial charge on any atom is -0.352 e. The van der Waals surface area contributed by atoms with Gasteiger partial charge in [-0.15, -0.1) is 0 Å². The van der Waals surface area contributed by atoms with Crippen molar-refractivity contribution in [3.63, 3.8) is 0 Å². The fourth-order valence-electron chi connectivity index (χ4n) is 2.67. The van der Waals surface area contributed by atoms with Gasteiger partial charge in [-0.3, -0.25) is 4.79 Å². The van der Waals surface area contributed by atoms with Gasteiger partial charge in [-0.05, 0) is 30.5 Å². The molecule has 2 aliphatic rings. The van der Waals surface area contributed by atoms with Gasteiger partial charge >= 0.3 is 0 Å². The van der Waals surface area contributed by atoms with Crippen molar-refractivity contribution in [1.82, 2.24) is 9.62 Å². The second-order valence-electron chi connectivity index (χ2n) is 5.24. The van der Waals surface area contributed by atoms with Gasteiger partial charge in [0.25, 0.3) is 5.91 Å². The molecule has 0 aliphatic carbocycles. The smallest absolute Gasteiger partial charge is 0.251 e. The summed E-state index contributed by atoms with van der Waals surface area (Å²) in [6.45, 7) is 1.37. The van der Waals surface area contributed by atoms with Crippen LogP contribution in [0.1, 0.15) is 22.3 Å². The third kappa shape index (κ3) is 2.21. The molecule has 6 nitrogen and oxygen atoms in total. The first kappa shape index (κ1) is 13.5. The lowest BCUT2D eigenvalue weighted by Gasteiger charge is -2.20. The van der Waals surface area contributed by atoms with E-state index in [9.17, 15) is 13.2 Å². The Kier molecular flexibility index (Phi) is 3.27. The maximum atomic E-state index is 12.5. The lowest BCUT2D eigenvalue weighted by Crippen LogP contribution is -2.34. The first-order chi connectivity index (χ1) is 9.48. The molecule has 2 aliphatic heterocycles. The lowest BCUT2D eigenvalue weighted by atomic mass is 10.0. The molecule has 3 rings (SSSR count). The number of nitrogens with two attached hydrogens (primary N) is 1. The van der Waals surface area contributed by atoms with E-state index < -0.39 is 10.0 Å². The molecule has 0 saturated carbocycles. The molecular formula is C13H17N3O3S. The zero-order valence-corrected chi connectivity index (χ0v) is 11.8. The van der Waals surface area contributed by atoms with E-state index >= 15 is 0 Å². The number of carbonyl (C=O) groups is 1. The predicted octanol–water partition coefficient (Wildman–Crippen LogP) is -0.306. The van der Waals surface area contributed by atoms with Crippen molar-refractivity contribution in [2.24, 2.45) is 5.73 Å². The third-order valence-corrected chi connectivity index (χ3v) is 5.69. The maximum Gasteiger partial charge on any atom is 0.251 e. The highest BCUT2D eigenvalue weighted by Crippen LogP contribution is 2.24. The van der Waals surface area contributed by atoms with Gasteiger partial charge in [-0.1, -0.05) is 6.07 Å². The van der Waals surface area contributed by atoms with Gasteiger partial charge in [0.05, 0.1) is 4.90 Å². The van der Waals surface area contributed by atoms with Crippen LogP contribution in [0.5, 0.6) is 0 Å². The number of fused-ring (bicyclic) bond motifs is 1. The summed E-state index contributed by atoms with van der Waals surface area (Å²) >= 11 is 0. The molecule has 1 fully saturated rings. The van der Waals surface area contributed by atoms with Crippen molar-refractivity contribution in [2.75, 3.05) is 19.6 Å². The van der Waals surface area contributed by atoms with Crippen LogP contribution in [0.25, 0.3) is 0 Å². The highest BCUT2D eigenvalue weighted by atomic mass is 32.2. The summed E-state index contributed by atoms with van der Waals surface area (Å²) in [5, 5.41) is 2.73. The fraction of sp³-hybridized carbons (Fsp3) is 0.462.